The number of hydrogen-bond acceptors (Lipinski definition) is 3. The molecular formula is C11H12ClN3S. The summed E-state index contributed by atoms with van der Waals surface area (Å²) in [5.74, 6) is 0. The van der Waals surface area contributed by atoms with Crippen LogP contribution in [-0.2, 0) is 7.05 Å². The van der Waals surface area contributed by atoms with Gasteiger partial charge in [0.25, 0.3) is 0 Å². The molecule has 0 bridgehead atoms. The molecule has 0 amide bonds. The minimum Gasteiger partial charge on any atom is -0.262 e. The van der Waals surface area contributed by atoms with Gasteiger partial charge in [-0.05, 0) is 31.5 Å². The van der Waals surface area contributed by atoms with Gasteiger partial charge in [0.2, 0.25) is 0 Å². The summed E-state index contributed by atoms with van der Waals surface area (Å²) in [6.45, 7) is 4.01. The van der Waals surface area contributed by atoms with Crippen LogP contribution in [-0.4, -0.2) is 14.8 Å². The molecule has 16 heavy (non-hydrogen) atoms. The van der Waals surface area contributed by atoms with Crippen LogP contribution in [0.15, 0.2) is 28.3 Å². The molecule has 0 fully saturated rings. The second-order valence-electron chi connectivity index (χ2n) is 3.62. The molecule has 2 aromatic heterocycles. The van der Waals surface area contributed by atoms with E-state index in [9.17, 15) is 0 Å². The van der Waals surface area contributed by atoms with E-state index in [0.29, 0.717) is 5.15 Å². The molecule has 0 saturated heterocycles. The topological polar surface area (TPSA) is 30.7 Å². The number of halogens is 1. The molecule has 2 rings (SSSR count). The molecule has 0 saturated carbocycles. The lowest BCUT2D eigenvalue weighted by Gasteiger charge is -2.05. The van der Waals surface area contributed by atoms with E-state index >= 15 is 0 Å². The fourth-order valence-corrected chi connectivity index (χ4v) is 2.62. The third-order valence-corrected chi connectivity index (χ3v) is 3.65. The molecule has 0 aliphatic heterocycles. The van der Waals surface area contributed by atoms with Crippen LogP contribution >= 0.6 is 23.4 Å². The third kappa shape index (κ3) is 2.39. The Balaban J connectivity index is 2.33. The van der Waals surface area contributed by atoms with Crippen LogP contribution in [0.2, 0.25) is 5.15 Å². The van der Waals surface area contributed by atoms with E-state index in [1.165, 1.54) is 0 Å². The quantitative estimate of drug-likeness (QED) is 0.770. The average molecular weight is 254 g/mol. The second-order valence-corrected chi connectivity index (χ2v) is 5.07. The molecule has 0 aromatic carbocycles. The van der Waals surface area contributed by atoms with Gasteiger partial charge in [-0.15, -0.1) is 0 Å². The second kappa shape index (κ2) is 4.47. The van der Waals surface area contributed by atoms with Crippen LogP contribution in [0.4, 0.5) is 0 Å². The molecule has 0 atom stereocenters. The smallest absolute Gasteiger partial charge is 0.130 e. The molecule has 0 N–H and O–H groups in total. The van der Waals surface area contributed by atoms with Crippen LogP contribution in [0.5, 0.6) is 0 Å². The van der Waals surface area contributed by atoms with Gasteiger partial charge >= 0.3 is 0 Å². The van der Waals surface area contributed by atoms with Crippen LogP contribution in [0.1, 0.15) is 11.3 Å². The van der Waals surface area contributed by atoms with E-state index < -0.39 is 0 Å². The standard InChI is InChI=1S/C11H12ClN3S/c1-7-6-13-10(12)5-9(7)16-11-4-8(2)14-15(11)3/h4-6H,1-3H3. The first kappa shape index (κ1) is 11.5. The number of aryl methyl sites for hydroxylation is 3. The first-order chi connectivity index (χ1) is 7.56. The summed E-state index contributed by atoms with van der Waals surface area (Å²) >= 11 is 7.53. The SMILES string of the molecule is Cc1cc(Sc2cc(Cl)ncc2C)n(C)n1. The van der Waals surface area contributed by atoms with Crippen molar-refractivity contribution < 1.29 is 0 Å². The lowest BCUT2D eigenvalue weighted by Crippen LogP contribution is -1.93. The Bertz CT molecular complexity index is 522. The lowest BCUT2D eigenvalue weighted by atomic mass is 10.3. The number of hydrogen-bond donors (Lipinski definition) is 0. The van der Waals surface area contributed by atoms with Crippen LogP contribution in [0, 0.1) is 13.8 Å². The Morgan fingerprint density at radius 3 is 2.69 bits per heavy atom. The van der Waals surface area contributed by atoms with Crippen LogP contribution in [0.25, 0.3) is 0 Å². The molecule has 84 valence electrons. The van der Waals surface area contributed by atoms with Crippen molar-refractivity contribution in [3.63, 3.8) is 0 Å². The molecule has 0 unspecified atom stereocenters. The van der Waals surface area contributed by atoms with Gasteiger partial charge in [-0.3, -0.25) is 4.68 Å². The fraction of sp³-hybridized carbons (Fsp3) is 0.273. The summed E-state index contributed by atoms with van der Waals surface area (Å²) in [6, 6.07) is 3.93. The highest BCUT2D eigenvalue weighted by Crippen LogP contribution is 2.31. The Kier molecular flexibility index (Phi) is 3.21. The predicted molar refractivity (Wildman–Crippen MR) is 66.1 cm³/mol. The molecule has 2 heterocycles. The van der Waals surface area contributed by atoms with Gasteiger partial charge in [0.1, 0.15) is 5.15 Å². The molecule has 0 radical (unpaired) electrons. The average Bonchev–Trinajstić information content (AvgIpc) is 2.51. The summed E-state index contributed by atoms with van der Waals surface area (Å²) < 4.78 is 1.87. The fourth-order valence-electron chi connectivity index (χ4n) is 1.39. The lowest BCUT2D eigenvalue weighted by molar-refractivity contribution is 0.692. The van der Waals surface area contributed by atoms with Crippen molar-refractivity contribution in [2.75, 3.05) is 0 Å². The van der Waals surface area contributed by atoms with Crippen molar-refractivity contribution >= 4 is 23.4 Å². The van der Waals surface area contributed by atoms with E-state index in [0.717, 1.165) is 21.2 Å². The molecule has 0 spiro atoms. The molecule has 0 aliphatic rings. The van der Waals surface area contributed by atoms with Gasteiger partial charge in [0, 0.05) is 18.1 Å². The first-order valence-electron chi connectivity index (χ1n) is 4.87. The van der Waals surface area contributed by atoms with Crippen LogP contribution in [0.3, 0.4) is 0 Å². The van der Waals surface area contributed by atoms with Crippen molar-refractivity contribution in [2.45, 2.75) is 23.8 Å². The molecule has 2 aromatic rings. The number of pyridine rings is 1. The number of nitrogens with zero attached hydrogens (tertiary/aromatic N) is 3. The van der Waals surface area contributed by atoms with E-state index in [4.69, 9.17) is 11.6 Å². The summed E-state index contributed by atoms with van der Waals surface area (Å²) in [7, 11) is 1.94. The van der Waals surface area contributed by atoms with Gasteiger partial charge in [0.05, 0.1) is 10.7 Å². The highest BCUT2D eigenvalue weighted by molar-refractivity contribution is 7.99. The van der Waals surface area contributed by atoms with E-state index in [-0.39, 0.29) is 0 Å². The van der Waals surface area contributed by atoms with Gasteiger partial charge in [-0.25, -0.2) is 4.98 Å². The highest BCUT2D eigenvalue weighted by Gasteiger charge is 2.07. The molecule has 5 heteroatoms. The van der Waals surface area contributed by atoms with Crippen molar-refractivity contribution in [1.29, 1.82) is 0 Å². The van der Waals surface area contributed by atoms with Crippen molar-refractivity contribution in [3.05, 3.63) is 34.7 Å². The highest BCUT2D eigenvalue weighted by atomic mass is 35.5. The first-order valence-corrected chi connectivity index (χ1v) is 6.06. The minimum absolute atomic E-state index is 0.520. The molecular weight excluding hydrogens is 242 g/mol. The third-order valence-electron chi connectivity index (χ3n) is 2.19. The van der Waals surface area contributed by atoms with Crippen molar-refractivity contribution in [2.24, 2.45) is 7.05 Å². The number of aromatic nitrogens is 3. The summed E-state index contributed by atoms with van der Waals surface area (Å²) in [4.78, 5) is 5.15. The molecule has 0 aliphatic carbocycles. The van der Waals surface area contributed by atoms with E-state index in [2.05, 4.69) is 16.1 Å². The Hall–Kier alpha value is -1.00. The minimum atomic E-state index is 0.520. The summed E-state index contributed by atoms with van der Waals surface area (Å²) in [5.41, 5.74) is 2.14. The maximum atomic E-state index is 5.88. The van der Waals surface area contributed by atoms with Gasteiger partial charge < -0.3 is 0 Å². The van der Waals surface area contributed by atoms with Crippen molar-refractivity contribution in [3.8, 4) is 0 Å². The monoisotopic (exact) mass is 253 g/mol. The van der Waals surface area contributed by atoms with Gasteiger partial charge in [-0.2, -0.15) is 5.10 Å². The van der Waals surface area contributed by atoms with Gasteiger partial charge in [-0.1, -0.05) is 23.4 Å². The maximum absolute atomic E-state index is 5.88. The zero-order valence-corrected chi connectivity index (χ0v) is 10.9. The maximum Gasteiger partial charge on any atom is 0.130 e. The van der Waals surface area contributed by atoms with Crippen molar-refractivity contribution in [1.82, 2.24) is 14.8 Å². The Morgan fingerprint density at radius 1 is 1.31 bits per heavy atom. The van der Waals surface area contributed by atoms with E-state index in [1.54, 1.807) is 18.0 Å². The summed E-state index contributed by atoms with van der Waals surface area (Å²) in [5, 5.41) is 5.93. The molecule has 3 nitrogen and oxygen atoms in total. The van der Waals surface area contributed by atoms with Gasteiger partial charge in [0.15, 0.2) is 0 Å². The normalized spacial score (nSPS) is 10.8. The zero-order valence-electron chi connectivity index (χ0n) is 9.36. The Labute approximate surface area is 104 Å². The summed E-state index contributed by atoms with van der Waals surface area (Å²) in [6.07, 6.45) is 1.79. The Morgan fingerprint density at radius 2 is 2.06 bits per heavy atom. The van der Waals surface area contributed by atoms with E-state index in [1.807, 2.05) is 31.6 Å². The largest absolute Gasteiger partial charge is 0.262 e. The number of rotatable bonds is 2. The predicted octanol–water partition coefficient (Wildman–Crippen LogP) is 3.24. The van der Waals surface area contributed by atoms with Crippen LogP contribution < -0.4 is 0 Å². The zero-order chi connectivity index (χ0) is 11.7.